The average molecular weight is 234 g/mol. The molecule has 0 saturated carbocycles. The zero-order chi connectivity index (χ0) is 12.0. The third kappa shape index (κ3) is 2.29. The van der Waals surface area contributed by atoms with Crippen LogP contribution in [0.4, 0.5) is 0 Å². The molecule has 0 bridgehead atoms. The molecule has 1 aliphatic carbocycles. The number of thioether (sulfide) groups is 1. The lowest BCUT2D eigenvalue weighted by molar-refractivity contribution is 0.382. The summed E-state index contributed by atoms with van der Waals surface area (Å²) in [6.45, 7) is 11.7. The second-order valence-corrected chi connectivity index (χ2v) is 8.41. The molecule has 0 nitrogen and oxygen atoms in total. The summed E-state index contributed by atoms with van der Waals surface area (Å²) in [7, 11) is 0. The van der Waals surface area contributed by atoms with E-state index in [1.165, 1.54) is 6.42 Å². The Morgan fingerprint density at radius 3 is 2.44 bits per heavy atom. The van der Waals surface area contributed by atoms with Crippen molar-refractivity contribution in [2.45, 2.75) is 51.0 Å². The van der Waals surface area contributed by atoms with Crippen LogP contribution in [-0.2, 0) is 6.42 Å². The van der Waals surface area contributed by atoms with Crippen molar-refractivity contribution < 1.29 is 0 Å². The van der Waals surface area contributed by atoms with Gasteiger partial charge >= 0.3 is 0 Å². The second-order valence-electron chi connectivity index (χ2n) is 6.47. The van der Waals surface area contributed by atoms with Crippen molar-refractivity contribution in [3.05, 3.63) is 35.4 Å². The molecule has 1 heteroatoms. The number of hydrogen-bond donors (Lipinski definition) is 0. The third-order valence-corrected chi connectivity index (χ3v) is 5.00. The molecule has 0 amide bonds. The minimum absolute atomic E-state index is 0.333. The molecule has 0 heterocycles. The molecule has 0 saturated heterocycles. The van der Waals surface area contributed by atoms with E-state index in [1.807, 2.05) is 0 Å². The molecule has 0 aliphatic heterocycles. The summed E-state index contributed by atoms with van der Waals surface area (Å²) in [4.78, 5) is 0. The molecule has 1 aromatic rings. The third-order valence-electron chi connectivity index (χ3n) is 3.16. The fraction of sp³-hybridized carbons (Fsp3) is 0.600. The van der Waals surface area contributed by atoms with Crippen LogP contribution >= 0.6 is 11.8 Å². The summed E-state index contributed by atoms with van der Waals surface area (Å²) < 4.78 is 0.333. The molecule has 1 aromatic carbocycles. The molecule has 0 spiro atoms. The van der Waals surface area contributed by atoms with Gasteiger partial charge in [0.25, 0.3) is 0 Å². The predicted octanol–water partition coefficient (Wildman–Crippen LogP) is 4.84. The second kappa shape index (κ2) is 3.80. The first-order chi connectivity index (χ1) is 7.30. The molecule has 2 rings (SSSR count). The molecule has 0 fully saturated rings. The van der Waals surface area contributed by atoms with Gasteiger partial charge in [0.1, 0.15) is 0 Å². The Morgan fingerprint density at radius 1 is 1.19 bits per heavy atom. The van der Waals surface area contributed by atoms with Crippen LogP contribution in [0.2, 0.25) is 0 Å². The van der Waals surface area contributed by atoms with E-state index in [0.29, 0.717) is 15.4 Å². The van der Waals surface area contributed by atoms with Gasteiger partial charge in [-0.15, -0.1) is 11.8 Å². The van der Waals surface area contributed by atoms with Gasteiger partial charge in [0.15, 0.2) is 0 Å². The van der Waals surface area contributed by atoms with E-state index in [0.717, 1.165) is 0 Å². The van der Waals surface area contributed by atoms with Crippen LogP contribution in [0.25, 0.3) is 0 Å². The van der Waals surface area contributed by atoms with E-state index in [4.69, 9.17) is 0 Å². The first-order valence-corrected chi connectivity index (χ1v) is 6.93. The van der Waals surface area contributed by atoms with Gasteiger partial charge in [0.05, 0.1) is 0 Å². The maximum absolute atomic E-state index is 2.40. The molecule has 1 atom stereocenters. The van der Waals surface area contributed by atoms with Crippen LogP contribution in [-0.4, -0.2) is 4.75 Å². The summed E-state index contributed by atoms with van der Waals surface area (Å²) in [6, 6.07) is 8.95. The van der Waals surface area contributed by atoms with Crippen LogP contribution in [0.5, 0.6) is 0 Å². The molecular formula is C15H22S. The van der Waals surface area contributed by atoms with Gasteiger partial charge in [0, 0.05) is 10.00 Å². The lowest BCUT2D eigenvalue weighted by Crippen LogP contribution is -2.20. The molecule has 1 aliphatic rings. The molecular weight excluding hydrogens is 212 g/mol. The lowest BCUT2D eigenvalue weighted by Gasteiger charge is -2.32. The van der Waals surface area contributed by atoms with E-state index in [2.05, 4.69) is 70.6 Å². The largest absolute Gasteiger partial charge is 0.147 e. The zero-order valence-corrected chi connectivity index (χ0v) is 11.8. The molecule has 1 unspecified atom stereocenters. The highest BCUT2D eigenvalue weighted by Crippen LogP contribution is 2.55. The van der Waals surface area contributed by atoms with Crippen LogP contribution in [0, 0.1) is 5.41 Å². The number of fused-ring (bicyclic) bond motifs is 1. The Kier molecular flexibility index (Phi) is 2.86. The maximum atomic E-state index is 2.40. The summed E-state index contributed by atoms with van der Waals surface area (Å²) in [5.74, 6) is 0. The van der Waals surface area contributed by atoms with E-state index in [1.54, 1.807) is 11.1 Å². The highest BCUT2D eigenvalue weighted by atomic mass is 32.2. The Labute approximate surface area is 104 Å². The molecule has 16 heavy (non-hydrogen) atoms. The minimum Gasteiger partial charge on any atom is -0.147 e. The summed E-state index contributed by atoms with van der Waals surface area (Å²) in [5, 5.41) is 0.642. The molecule has 88 valence electrons. The van der Waals surface area contributed by atoms with E-state index < -0.39 is 0 Å². The monoisotopic (exact) mass is 234 g/mol. The van der Waals surface area contributed by atoms with Crippen LogP contribution in [0.3, 0.4) is 0 Å². The summed E-state index contributed by atoms with van der Waals surface area (Å²) >= 11 is 2.11. The van der Waals surface area contributed by atoms with Crippen molar-refractivity contribution in [1.82, 2.24) is 0 Å². The SMILES string of the molecule is CC(C)(C)SC1c2ccccc2CC1(C)C. The molecule has 0 aromatic heterocycles. The first kappa shape index (κ1) is 12.0. The van der Waals surface area contributed by atoms with E-state index in [-0.39, 0.29) is 0 Å². The normalized spacial score (nSPS) is 23.2. The van der Waals surface area contributed by atoms with Crippen molar-refractivity contribution in [2.24, 2.45) is 5.41 Å². The Balaban J connectivity index is 2.35. The van der Waals surface area contributed by atoms with Gasteiger partial charge in [-0.25, -0.2) is 0 Å². The van der Waals surface area contributed by atoms with Gasteiger partial charge in [-0.05, 0) is 23.0 Å². The smallest absolute Gasteiger partial charge is 0.0359 e. The van der Waals surface area contributed by atoms with Gasteiger partial charge < -0.3 is 0 Å². The van der Waals surface area contributed by atoms with Crippen molar-refractivity contribution in [1.29, 1.82) is 0 Å². The van der Waals surface area contributed by atoms with Gasteiger partial charge in [-0.2, -0.15) is 0 Å². The number of hydrogen-bond acceptors (Lipinski definition) is 1. The topological polar surface area (TPSA) is 0 Å². The van der Waals surface area contributed by atoms with Crippen molar-refractivity contribution in [2.75, 3.05) is 0 Å². The number of benzene rings is 1. The highest BCUT2D eigenvalue weighted by Gasteiger charge is 2.40. The van der Waals surface area contributed by atoms with Crippen molar-refractivity contribution in [3.63, 3.8) is 0 Å². The quantitative estimate of drug-likeness (QED) is 0.670. The van der Waals surface area contributed by atoms with Crippen molar-refractivity contribution in [3.8, 4) is 0 Å². The van der Waals surface area contributed by atoms with Gasteiger partial charge in [-0.1, -0.05) is 58.9 Å². The average Bonchev–Trinajstić information content (AvgIpc) is 2.36. The van der Waals surface area contributed by atoms with E-state index >= 15 is 0 Å². The van der Waals surface area contributed by atoms with Crippen LogP contribution in [0.15, 0.2) is 24.3 Å². The van der Waals surface area contributed by atoms with Gasteiger partial charge in [-0.3, -0.25) is 0 Å². The minimum atomic E-state index is 0.333. The Morgan fingerprint density at radius 2 is 1.81 bits per heavy atom. The fourth-order valence-electron chi connectivity index (χ4n) is 2.53. The Hall–Kier alpha value is -0.430. The zero-order valence-electron chi connectivity index (χ0n) is 11.0. The van der Waals surface area contributed by atoms with Crippen LogP contribution < -0.4 is 0 Å². The van der Waals surface area contributed by atoms with Crippen LogP contribution in [0.1, 0.15) is 51.0 Å². The van der Waals surface area contributed by atoms with E-state index in [9.17, 15) is 0 Å². The predicted molar refractivity (Wildman–Crippen MR) is 74.0 cm³/mol. The lowest BCUT2D eigenvalue weighted by atomic mass is 9.89. The molecule has 0 N–H and O–H groups in total. The Bertz CT molecular complexity index is 385. The fourth-order valence-corrected chi connectivity index (χ4v) is 4.00. The maximum Gasteiger partial charge on any atom is 0.0359 e. The summed E-state index contributed by atoms with van der Waals surface area (Å²) in [5.41, 5.74) is 3.50. The van der Waals surface area contributed by atoms with Crippen molar-refractivity contribution >= 4 is 11.8 Å². The molecule has 0 radical (unpaired) electrons. The number of rotatable bonds is 1. The standard InChI is InChI=1S/C15H22S/c1-14(2,3)16-13-12-9-7-6-8-11(12)10-15(13,4)5/h6-9,13H,10H2,1-5H3. The highest BCUT2D eigenvalue weighted by molar-refractivity contribution is 8.00. The summed E-state index contributed by atoms with van der Waals surface area (Å²) in [6.07, 6.45) is 1.22. The first-order valence-electron chi connectivity index (χ1n) is 6.05. The van der Waals surface area contributed by atoms with Gasteiger partial charge in [0.2, 0.25) is 0 Å².